The van der Waals surface area contributed by atoms with Crippen LogP contribution < -0.4 is 5.32 Å². The highest BCUT2D eigenvalue weighted by atomic mass is 16.3. The molecular formula is C34H39N5O4. The summed E-state index contributed by atoms with van der Waals surface area (Å²) in [5.74, 6) is 2.12. The molecule has 0 bridgehead atoms. The summed E-state index contributed by atoms with van der Waals surface area (Å²) in [7, 11) is 1.74. The van der Waals surface area contributed by atoms with Crippen LogP contribution in [-0.4, -0.2) is 81.7 Å². The molecule has 43 heavy (non-hydrogen) atoms. The number of likely N-dealkylation sites (N-methyl/N-ethyl adjacent to an activating group) is 1. The summed E-state index contributed by atoms with van der Waals surface area (Å²) < 4.78 is 0. The molecule has 1 aliphatic rings. The van der Waals surface area contributed by atoms with Gasteiger partial charge in [0.1, 0.15) is 18.0 Å². The third-order valence-corrected chi connectivity index (χ3v) is 7.60. The molecule has 0 unspecified atom stereocenters. The van der Waals surface area contributed by atoms with Gasteiger partial charge in [0.2, 0.25) is 11.8 Å². The van der Waals surface area contributed by atoms with Crippen LogP contribution in [-0.2, 0) is 29.0 Å². The number of hydrogen-bond donors (Lipinski definition) is 2. The van der Waals surface area contributed by atoms with Gasteiger partial charge in [-0.1, -0.05) is 78.7 Å². The van der Waals surface area contributed by atoms with Gasteiger partial charge >= 0.3 is 6.03 Å². The van der Waals surface area contributed by atoms with E-state index in [-0.39, 0.29) is 37.1 Å². The lowest BCUT2D eigenvalue weighted by Crippen LogP contribution is -2.70. The molecule has 0 radical (unpaired) electrons. The molecule has 2 atom stereocenters. The number of hydrogen-bond acceptors (Lipinski definition) is 5. The fourth-order valence-corrected chi connectivity index (χ4v) is 5.39. The maximum absolute atomic E-state index is 14.1. The molecule has 9 heteroatoms. The standard InChI is InChI=1S/C34H39N5O4/c1-4-21-37-25-32(41)38(26(2)39(37)34(43)35-24-29-14-9-6-10-15-29)31(23-28-17-19-30(40)20-18-28)33(42)36(3)22-11-16-27-12-7-5-8-13-27/h1,5-10,12-15,17-20,26,31,40H,11,16,21-25H2,2-3H3,(H,35,43)/t26-,31-/m0/s1. The first-order chi connectivity index (χ1) is 20.8. The van der Waals surface area contributed by atoms with Crippen LogP contribution in [0.25, 0.3) is 0 Å². The summed E-state index contributed by atoms with van der Waals surface area (Å²) in [5, 5.41) is 15.7. The van der Waals surface area contributed by atoms with Crippen LogP contribution in [0.15, 0.2) is 84.9 Å². The van der Waals surface area contributed by atoms with E-state index in [4.69, 9.17) is 6.42 Å². The Kier molecular flexibility index (Phi) is 10.8. The lowest BCUT2D eigenvalue weighted by molar-refractivity contribution is -0.173. The molecule has 4 rings (SSSR count). The van der Waals surface area contributed by atoms with E-state index in [1.54, 1.807) is 43.1 Å². The predicted molar refractivity (Wildman–Crippen MR) is 165 cm³/mol. The summed E-state index contributed by atoms with van der Waals surface area (Å²) in [4.78, 5) is 44.5. The molecule has 3 aromatic rings. The van der Waals surface area contributed by atoms with Crippen LogP contribution in [0.1, 0.15) is 30.0 Å². The number of amides is 4. The topological polar surface area (TPSA) is 96.4 Å². The Bertz CT molecular complexity index is 1410. The molecule has 1 heterocycles. The number of phenols is 1. The Labute approximate surface area is 253 Å². The van der Waals surface area contributed by atoms with E-state index in [9.17, 15) is 19.5 Å². The Balaban J connectivity index is 1.57. The largest absolute Gasteiger partial charge is 0.508 e. The lowest BCUT2D eigenvalue weighted by atomic mass is 10.0. The number of carbonyl (C=O) groups is 3. The smallest absolute Gasteiger partial charge is 0.334 e. The van der Waals surface area contributed by atoms with Crippen molar-refractivity contribution < 1.29 is 19.5 Å². The van der Waals surface area contributed by atoms with Crippen molar-refractivity contribution in [1.82, 2.24) is 25.1 Å². The molecule has 0 spiro atoms. The van der Waals surface area contributed by atoms with Crippen LogP contribution in [0.5, 0.6) is 5.75 Å². The SMILES string of the molecule is C#CCN1CC(=O)N([C@@H](Cc2ccc(O)cc2)C(=O)N(C)CCCc2ccccc2)[C@H](C)N1C(=O)NCc1ccccc1. The van der Waals surface area contributed by atoms with Crippen molar-refractivity contribution in [2.45, 2.75) is 44.9 Å². The summed E-state index contributed by atoms with van der Waals surface area (Å²) in [6, 6.07) is 24.9. The second kappa shape index (κ2) is 14.9. The minimum absolute atomic E-state index is 0.0542. The van der Waals surface area contributed by atoms with Crippen LogP contribution in [0.3, 0.4) is 0 Å². The number of hydrazine groups is 1. The number of benzene rings is 3. The first kappa shape index (κ1) is 31.1. The van der Waals surface area contributed by atoms with Crippen LogP contribution in [0, 0.1) is 12.3 Å². The van der Waals surface area contributed by atoms with E-state index in [0.29, 0.717) is 13.1 Å². The zero-order valence-corrected chi connectivity index (χ0v) is 24.7. The Morgan fingerprint density at radius 1 is 1.00 bits per heavy atom. The number of aryl methyl sites for hydroxylation is 1. The Morgan fingerprint density at radius 2 is 1.63 bits per heavy atom. The van der Waals surface area contributed by atoms with Crippen molar-refractivity contribution >= 4 is 17.8 Å². The van der Waals surface area contributed by atoms with Crippen molar-refractivity contribution in [1.29, 1.82) is 0 Å². The third kappa shape index (κ3) is 8.15. The van der Waals surface area contributed by atoms with Crippen LogP contribution in [0.2, 0.25) is 0 Å². The summed E-state index contributed by atoms with van der Waals surface area (Å²) >= 11 is 0. The Hall–Kier alpha value is -4.81. The van der Waals surface area contributed by atoms with Gasteiger partial charge in [0, 0.05) is 26.6 Å². The number of nitrogens with one attached hydrogen (secondary N) is 1. The number of terminal acetylenes is 1. The molecule has 1 aliphatic heterocycles. The summed E-state index contributed by atoms with van der Waals surface area (Å²) in [5.41, 5.74) is 2.89. The van der Waals surface area contributed by atoms with Gasteiger partial charge in [0.15, 0.2) is 0 Å². The molecule has 4 amide bonds. The van der Waals surface area contributed by atoms with Crippen molar-refractivity contribution in [2.75, 3.05) is 26.7 Å². The monoisotopic (exact) mass is 581 g/mol. The van der Waals surface area contributed by atoms with E-state index in [2.05, 4.69) is 23.4 Å². The Morgan fingerprint density at radius 3 is 2.26 bits per heavy atom. The minimum atomic E-state index is -0.883. The number of aromatic hydroxyl groups is 1. The van der Waals surface area contributed by atoms with Gasteiger partial charge in [-0.05, 0) is 48.6 Å². The molecule has 1 saturated heterocycles. The summed E-state index contributed by atoms with van der Waals surface area (Å²) in [6.07, 6.45) is 6.60. The van der Waals surface area contributed by atoms with Gasteiger partial charge < -0.3 is 20.2 Å². The normalized spacial score (nSPS) is 15.9. The van der Waals surface area contributed by atoms with Crippen LogP contribution in [0.4, 0.5) is 4.79 Å². The van der Waals surface area contributed by atoms with E-state index < -0.39 is 18.2 Å². The van der Waals surface area contributed by atoms with Gasteiger partial charge in [-0.3, -0.25) is 9.59 Å². The van der Waals surface area contributed by atoms with Gasteiger partial charge in [-0.15, -0.1) is 6.42 Å². The second-order valence-electron chi connectivity index (χ2n) is 10.7. The van der Waals surface area contributed by atoms with Crippen molar-refractivity contribution in [3.8, 4) is 18.1 Å². The maximum atomic E-state index is 14.1. The van der Waals surface area contributed by atoms with E-state index in [1.807, 2.05) is 48.5 Å². The van der Waals surface area contributed by atoms with E-state index in [0.717, 1.165) is 24.0 Å². The number of phenolic OH excluding ortho intramolecular Hbond substituents is 1. The molecule has 0 aliphatic carbocycles. The van der Waals surface area contributed by atoms with Gasteiger partial charge in [-0.2, -0.15) is 5.01 Å². The molecule has 9 nitrogen and oxygen atoms in total. The first-order valence-corrected chi connectivity index (χ1v) is 14.5. The zero-order valence-electron chi connectivity index (χ0n) is 24.7. The third-order valence-electron chi connectivity index (χ3n) is 7.60. The lowest BCUT2D eigenvalue weighted by Gasteiger charge is -2.49. The average Bonchev–Trinajstić information content (AvgIpc) is 3.01. The molecule has 0 aromatic heterocycles. The highest BCUT2D eigenvalue weighted by molar-refractivity contribution is 5.90. The fraction of sp³-hybridized carbons (Fsp3) is 0.324. The number of urea groups is 1. The molecule has 1 fully saturated rings. The van der Waals surface area contributed by atoms with Crippen molar-refractivity contribution in [3.05, 3.63) is 102 Å². The van der Waals surface area contributed by atoms with Gasteiger partial charge in [0.25, 0.3) is 0 Å². The van der Waals surface area contributed by atoms with E-state index >= 15 is 0 Å². The number of rotatable bonds is 11. The summed E-state index contributed by atoms with van der Waals surface area (Å²) in [6.45, 7) is 2.43. The highest BCUT2D eigenvalue weighted by Crippen LogP contribution is 2.24. The highest BCUT2D eigenvalue weighted by Gasteiger charge is 2.44. The molecule has 224 valence electrons. The van der Waals surface area contributed by atoms with Crippen molar-refractivity contribution in [3.63, 3.8) is 0 Å². The second-order valence-corrected chi connectivity index (χ2v) is 10.7. The molecule has 3 aromatic carbocycles. The molecule has 2 N–H and O–H groups in total. The molecule has 0 saturated carbocycles. The maximum Gasteiger partial charge on any atom is 0.334 e. The first-order valence-electron chi connectivity index (χ1n) is 14.5. The average molecular weight is 582 g/mol. The van der Waals surface area contributed by atoms with E-state index in [1.165, 1.54) is 20.5 Å². The zero-order chi connectivity index (χ0) is 30.8. The molecular weight excluding hydrogens is 542 g/mol. The van der Waals surface area contributed by atoms with Gasteiger partial charge in [0.05, 0.1) is 13.1 Å². The van der Waals surface area contributed by atoms with Crippen molar-refractivity contribution in [2.24, 2.45) is 0 Å². The predicted octanol–water partition coefficient (Wildman–Crippen LogP) is 3.64. The fourth-order valence-electron chi connectivity index (χ4n) is 5.39. The van der Waals surface area contributed by atoms with Crippen LogP contribution >= 0.6 is 0 Å². The number of nitrogens with zero attached hydrogens (tertiary/aromatic N) is 4. The quantitative estimate of drug-likeness (QED) is 0.337. The minimum Gasteiger partial charge on any atom is -0.508 e. The number of carbonyl (C=O) groups excluding carboxylic acids is 3. The van der Waals surface area contributed by atoms with Gasteiger partial charge in [-0.25, -0.2) is 9.80 Å².